The third-order valence-electron chi connectivity index (χ3n) is 3.79. The van der Waals surface area contributed by atoms with Crippen LogP contribution < -0.4 is 4.74 Å². The van der Waals surface area contributed by atoms with E-state index in [1.165, 1.54) is 0 Å². The fourth-order valence-corrected chi connectivity index (χ4v) is 2.86. The summed E-state index contributed by atoms with van der Waals surface area (Å²) < 4.78 is 6.88. The van der Waals surface area contributed by atoms with Crippen molar-refractivity contribution in [2.24, 2.45) is 0 Å². The van der Waals surface area contributed by atoms with Crippen LogP contribution in [0.4, 0.5) is 0 Å². The van der Waals surface area contributed by atoms with Crippen LogP contribution in [-0.4, -0.2) is 11.9 Å². The molecule has 2 nitrogen and oxygen atoms in total. The Morgan fingerprint density at radius 1 is 0.957 bits per heavy atom. The number of ketones is 1. The number of aryl methyl sites for hydroxylation is 1. The maximum absolute atomic E-state index is 12.4. The number of rotatable bonds is 4. The summed E-state index contributed by atoms with van der Waals surface area (Å²) >= 11 is 3.47. The molecule has 0 fully saturated rings. The normalized spacial score (nSPS) is 12.1. The summed E-state index contributed by atoms with van der Waals surface area (Å²) in [5, 5.41) is 2.21. The first-order valence-corrected chi connectivity index (χ1v) is 8.29. The van der Waals surface area contributed by atoms with Crippen molar-refractivity contribution in [3.63, 3.8) is 0 Å². The largest absolute Gasteiger partial charge is 0.483 e. The van der Waals surface area contributed by atoms with Crippen LogP contribution >= 0.6 is 15.9 Å². The fraction of sp³-hybridized carbons (Fsp3) is 0.150. The average Bonchev–Trinajstić information content (AvgIpc) is 2.55. The van der Waals surface area contributed by atoms with Gasteiger partial charge in [0.1, 0.15) is 5.75 Å². The van der Waals surface area contributed by atoms with Crippen molar-refractivity contribution in [3.8, 4) is 5.75 Å². The molecule has 0 aliphatic carbocycles. The maximum atomic E-state index is 12.4. The van der Waals surface area contributed by atoms with Gasteiger partial charge in [-0.2, -0.15) is 0 Å². The Hall–Kier alpha value is -2.13. The van der Waals surface area contributed by atoms with Gasteiger partial charge >= 0.3 is 0 Å². The van der Waals surface area contributed by atoms with Crippen LogP contribution in [-0.2, 0) is 0 Å². The molecule has 0 bridgehead atoms. The van der Waals surface area contributed by atoms with Crippen LogP contribution in [0.3, 0.4) is 0 Å². The monoisotopic (exact) mass is 368 g/mol. The number of carbonyl (C=O) groups is 1. The minimum absolute atomic E-state index is 0.0131. The van der Waals surface area contributed by atoms with Crippen LogP contribution in [0.5, 0.6) is 5.75 Å². The summed E-state index contributed by atoms with van der Waals surface area (Å²) in [4.78, 5) is 12.4. The highest BCUT2D eigenvalue weighted by molar-refractivity contribution is 9.10. The summed E-state index contributed by atoms with van der Waals surface area (Å²) in [6.07, 6.45) is -0.523. The summed E-state index contributed by atoms with van der Waals surface area (Å²) in [5.41, 5.74) is 1.81. The Morgan fingerprint density at radius 2 is 1.61 bits per heavy atom. The van der Waals surface area contributed by atoms with Crippen molar-refractivity contribution < 1.29 is 9.53 Å². The van der Waals surface area contributed by atoms with Gasteiger partial charge in [-0.25, -0.2) is 0 Å². The predicted octanol–water partition coefficient (Wildman–Crippen LogP) is 5.56. The molecule has 3 aromatic rings. The van der Waals surface area contributed by atoms with Gasteiger partial charge in [0.2, 0.25) is 5.78 Å². The van der Waals surface area contributed by atoms with Crippen LogP contribution in [0.15, 0.2) is 65.1 Å². The highest BCUT2D eigenvalue weighted by atomic mass is 79.9. The van der Waals surface area contributed by atoms with E-state index in [1.54, 1.807) is 6.92 Å². The Labute approximate surface area is 144 Å². The molecule has 0 aliphatic rings. The van der Waals surface area contributed by atoms with Crippen molar-refractivity contribution in [1.29, 1.82) is 0 Å². The zero-order chi connectivity index (χ0) is 16.4. The summed E-state index contributed by atoms with van der Waals surface area (Å²) in [6.45, 7) is 3.79. The quantitative estimate of drug-likeness (QED) is 0.563. The van der Waals surface area contributed by atoms with E-state index in [0.29, 0.717) is 11.3 Å². The first-order chi connectivity index (χ1) is 11.0. The standard InChI is InChI=1S/C20H17BrO2/c1-13-3-5-15(6-4-13)20(22)14(2)23-19-10-8-16-11-18(21)9-7-17(16)12-19/h3-12,14H,1-2H3/t14-/m1/s1. The highest BCUT2D eigenvalue weighted by Crippen LogP contribution is 2.25. The van der Waals surface area contributed by atoms with Gasteiger partial charge in [-0.1, -0.05) is 57.9 Å². The minimum atomic E-state index is -0.523. The lowest BCUT2D eigenvalue weighted by Gasteiger charge is -2.14. The molecule has 0 saturated carbocycles. The van der Waals surface area contributed by atoms with Gasteiger partial charge in [-0.15, -0.1) is 0 Å². The van der Waals surface area contributed by atoms with E-state index in [-0.39, 0.29) is 5.78 Å². The molecule has 0 unspecified atom stereocenters. The van der Waals surface area contributed by atoms with Gasteiger partial charge in [0, 0.05) is 10.0 Å². The number of hydrogen-bond acceptors (Lipinski definition) is 2. The Bertz CT molecular complexity index is 853. The molecule has 0 N–H and O–H groups in total. The van der Waals surface area contributed by atoms with Gasteiger partial charge in [0.25, 0.3) is 0 Å². The zero-order valence-electron chi connectivity index (χ0n) is 13.0. The number of halogens is 1. The Morgan fingerprint density at radius 3 is 2.35 bits per heavy atom. The predicted molar refractivity (Wildman–Crippen MR) is 97.2 cm³/mol. The van der Waals surface area contributed by atoms with E-state index in [4.69, 9.17) is 4.74 Å². The van der Waals surface area contributed by atoms with E-state index >= 15 is 0 Å². The number of carbonyl (C=O) groups excluding carboxylic acids is 1. The molecular weight excluding hydrogens is 352 g/mol. The van der Waals surface area contributed by atoms with E-state index in [9.17, 15) is 4.79 Å². The molecule has 3 aromatic carbocycles. The molecule has 0 saturated heterocycles. The van der Waals surface area contributed by atoms with E-state index in [0.717, 1.165) is 20.8 Å². The van der Waals surface area contributed by atoms with Crippen LogP contribution in [0, 0.1) is 6.92 Å². The maximum Gasteiger partial charge on any atom is 0.202 e. The third-order valence-corrected chi connectivity index (χ3v) is 4.29. The van der Waals surface area contributed by atoms with Gasteiger partial charge in [-0.05, 0) is 48.9 Å². The molecule has 3 heteroatoms. The lowest BCUT2D eigenvalue weighted by Crippen LogP contribution is -2.23. The minimum Gasteiger partial charge on any atom is -0.483 e. The summed E-state index contributed by atoms with van der Waals surface area (Å²) in [7, 11) is 0. The fourth-order valence-electron chi connectivity index (χ4n) is 2.48. The van der Waals surface area contributed by atoms with Gasteiger partial charge in [-0.3, -0.25) is 4.79 Å². The second-order valence-corrected chi connectivity index (χ2v) is 6.56. The van der Waals surface area contributed by atoms with Crippen molar-refractivity contribution in [2.45, 2.75) is 20.0 Å². The number of Topliss-reactive ketones (excluding diaryl/α,β-unsaturated/α-hetero) is 1. The summed E-state index contributed by atoms with van der Waals surface area (Å²) in [6, 6.07) is 19.5. The second-order valence-electron chi connectivity index (χ2n) is 5.64. The molecule has 1 atom stereocenters. The van der Waals surface area contributed by atoms with Crippen LogP contribution in [0.2, 0.25) is 0 Å². The molecule has 0 heterocycles. The van der Waals surface area contributed by atoms with Crippen molar-refractivity contribution in [3.05, 3.63) is 76.3 Å². The average molecular weight is 369 g/mol. The molecule has 0 aliphatic heterocycles. The number of benzene rings is 3. The van der Waals surface area contributed by atoms with Crippen molar-refractivity contribution >= 4 is 32.5 Å². The molecule has 3 rings (SSSR count). The van der Waals surface area contributed by atoms with Gasteiger partial charge < -0.3 is 4.74 Å². The molecule has 0 amide bonds. The number of ether oxygens (including phenoxy) is 1. The summed E-state index contributed by atoms with van der Waals surface area (Å²) in [5.74, 6) is 0.689. The van der Waals surface area contributed by atoms with Crippen LogP contribution in [0.1, 0.15) is 22.8 Å². The Balaban J connectivity index is 1.79. The van der Waals surface area contributed by atoms with Gasteiger partial charge in [0.15, 0.2) is 6.10 Å². The molecular formula is C20H17BrO2. The zero-order valence-corrected chi connectivity index (χ0v) is 14.6. The third kappa shape index (κ3) is 3.62. The number of hydrogen-bond donors (Lipinski definition) is 0. The molecule has 0 spiro atoms. The smallest absolute Gasteiger partial charge is 0.202 e. The van der Waals surface area contributed by atoms with E-state index < -0.39 is 6.10 Å². The second kappa shape index (κ2) is 6.55. The molecule has 0 aromatic heterocycles. The molecule has 116 valence electrons. The Kier molecular flexibility index (Phi) is 4.49. The van der Waals surface area contributed by atoms with Crippen molar-refractivity contribution in [2.75, 3.05) is 0 Å². The SMILES string of the molecule is Cc1ccc(C(=O)[C@@H](C)Oc2ccc3cc(Br)ccc3c2)cc1. The lowest BCUT2D eigenvalue weighted by molar-refractivity contribution is 0.0818. The topological polar surface area (TPSA) is 26.3 Å². The highest BCUT2D eigenvalue weighted by Gasteiger charge is 2.16. The van der Waals surface area contributed by atoms with Gasteiger partial charge in [0.05, 0.1) is 0 Å². The first kappa shape index (κ1) is 15.8. The van der Waals surface area contributed by atoms with Crippen LogP contribution in [0.25, 0.3) is 10.8 Å². The number of fused-ring (bicyclic) bond motifs is 1. The van der Waals surface area contributed by atoms with E-state index in [1.807, 2.05) is 61.5 Å². The molecule has 0 radical (unpaired) electrons. The first-order valence-electron chi connectivity index (χ1n) is 7.50. The lowest BCUT2D eigenvalue weighted by atomic mass is 10.1. The van der Waals surface area contributed by atoms with Crippen molar-refractivity contribution in [1.82, 2.24) is 0 Å². The van der Waals surface area contributed by atoms with E-state index in [2.05, 4.69) is 22.0 Å². The molecule has 23 heavy (non-hydrogen) atoms.